The minimum atomic E-state index is 0.785. The molecule has 2 aromatic carbocycles. The molecule has 0 unspecified atom stereocenters. The van der Waals surface area contributed by atoms with E-state index in [1.807, 2.05) is 12.1 Å². The first kappa shape index (κ1) is 15.4. The molecule has 0 fully saturated rings. The van der Waals surface area contributed by atoms with Gasteiger partial charge < -0.3 is 10.1 Å². The van der Waals surface area contributed by atoms with Gasteiger partial charge in [0.05, 0.1) is 17.3 Å². The monoisotopic (exact) mass is 397 g/mol. The van der Waals surface area contributed by atoms with Gasteiger partial charge in [0.2, 0.25) is 0 Å². The maximum atomic E-state index is 5.32. The summed E-state index contributed by atoms with van der Waals surface area (Å²) in [7, 11) is 1.67. The highest BCUT2D eigenvalue weighted by Gasteiger charge is 2.07. The molecule has 2 aromatic rings. The molecule has 0 saturated carbocycles. The van der Waals surface area contributed by atoms with Crippen LogP contribution in [0.25, 0.3) is 0 Å². The summed E-state index contributed by atoms with van der Waals surface area (Å²) < 4.78 is 7.26. The first-order valence-corrected chi connectivity index (χ1v) is 8.07. The third kappa shape index (κ3) is 3.76. The SMILES string of the molecule is CCc1ccc(CNc2cc(OC)c(Br)cc2Br)cc1. The predicted octanol–water partition coefficient (Wildman–Crippen LogP) is 5.39. The Morgan fingerprint density at radius 2 is 1.65 bits per heavy atom. The van der Waals surface area contributed by atoms with E-state index in [4.69, 9.17) is 4.74 Å². The van der Waals surface area contributed by atoms with E-state index in [1.54, 1.807) is 7.11 Å². The van der Waals surface area contributed by atoms with Crippen molar-refractivity contribution in [2.24, 2.45) is 0 Å². The Labute approximate surface area is 136 Å². The van der Waals surface area contributed by atoms with Crippen LogP contribution in [0.5, 0.6) is 5.75 Å². The molecule has 0 saturated heterocycles. The van der Waals surface area contributed by atoms with Crippen LogP contribution in [0.3, 0.4) is 0 Å². The van der Waals surface area contributed by atoms with Crippen molar-refractivity contribution in [2.75, 3.05) is 12.4 Å². The standard InChI is InChI=1S/C16H17Br2NO/c1-3-11-4-6-12(7-5-11)10-19-15-9-16(20-2)14(18)8-13(15)17/h4-9,19H,3,10H2,1-2H3. The molecule has 0 aliphatic carbocycles. The van der Waals surface area contributed by atoms with Crippen molar-refractivity contribution in [3.8, 4) is 5.75 Å². The Kier molecular flexibility index (Phi) is 5.49. The van der Waals surface area contributed by atoms with Crippen LogP contribution in [-0.4, -0.2) is 7.11 Å². The van der Waals surface area contributed by atoms with Gasteiger partial charge in [-0.05, 0) is 55.5 Å². The van der Waals surface area contributed by atoms with Crippen molar-refractivity contribution in [3.63, 3.8) is 0 Å². The second-order valence-corrected chi connectivity index (χ2v) is 6.20. The molecule has 106 valence electrons. The molecule has 20 heavy (non-hydrogen) atoms. The minimum absolute atomic E-state index is 0.785. The lowest BCUT2D eigenvalue weighted by molar-refractivity contribution is 0.412. The number of aryl methyl sites for hydroxylation is 1. The summed E-state index contributed by atoms with van der Waals surface area (Å²) in [5.74, 6) is 0.817. The molecule has 0 amide bonds. The van der Waals surface area contributed by atoms with Crippen molar-refractivity contribution < 1.29 is 4.74 Å². The lowest BCUT2D eigenvalue weighted by atomic mass is 10.1. The van der Waals surface area contributed by atoms with E-state index in [-0.39, 0.29) is 0 Å². The second-order valence-electron chi connectivity index (χ2n) is 4.49. The lowest BCUT2D eigenvalue weighted by Crippen LogP contribution is -2.01. The molecule has 2 nitrogen and oxygen atoms in total. The predicted molar refractivity (Wildman–Crippen MR) is 91.5 cm³/mol. The quantitative estimate of drug-likeness (QED) is 0.728. The van der Waals surface area contributed by atoms with Crippen LogP contribution in [0.2, 0.25) is 0 Å². The van der Waals surface area contributed by atoms with Gasteiger partial charge in [0.15, 0.2) is 0 Å². The summed E-state index contributed by atoms with van der Waals surface area (Å²) in [5, 5.41) is 3.42. The van der Waals surface area contributed by atoms with Crippen LogP contribution in [-0.2, 0) is 13.0 Å². The van der Waals surface area contributed by atoms with Crippen LogP contribution < -0.4 is 10.1 Å². The van der Waals surface area contributed by atoms with Crippen LogP contribution in [0.15, 0.2) is 45.3 Å². The van der Waals surface area contributed by atoms with Crippen molar-refractivity contribution in [3.05, 3.63) is 56.5 Å². The highest BCUT2D eigenvalue weighted by molar-refractivity contribution is 9.11. The zero-order chi connectivity index (χ0) is 14.5. The van der Waals surface area contributed by atoms with E-state index in [2.05, 4.69) is 68.4 Å². The molecule has 4 heteroatoms. The van der Waals surface area contributed by atoms with Gasteiger partial charge in [-0.2, -0.15) is 0 Å². The Morgan fingerprint density at radius 3 is 2.25 bits per heavy atom. The third-order valence-corrected chi connectivity index (χ3v) is 4.43. The zero-order valence-electron chi connectivity index (χ0n) is 11.5. The zero-order valence-corrected chi connectivity index (χ0v) is 14.7. The van der Waals surface area contributed by atoms with Crippen molar-refractivity contribution in [2.45, 2.75) is 19.9 Å². The molecular formula is C16H17Br2NO. The lowest BCUT2D eigenvalue weighted by Gasteiger charge is -2.12. The summed E-state index contributed by atoms with van der Waals surface area (Å²) in [4.78, 5) is 0. The first-order valence-electron chi connectivity index (χ1n) is 6.48. The summed E-state index contributed by atoms with van der Waals surface area (Å²) >= 11 is 7.03. The summed E-state index contributed by atoms with van der Waals surface area (Å²) in [6, 6.07) is 12.6. The van der Waals surface area contributed by atoms with Crippen LogP contribution in [0.4, 0.5) is 5.69 Å². The van der Waals surface area contributed by atoms with Gasteiger partial charge in [-0.1, -0.05) is 31.2 Å². The first-order chi connectivity index (χ1) is 9.63. The van der Waals surface area contributed by atoms with E-state index in [0.29, 0.717) is 0 Å². The summed E-state index contributed by atoms with van der Waals surface area (Å²) in [6.07, 6.45) is 1.07. The Morgan fingerprint density at radius 1 is 1.00 bits per heavy atom. The average Bonchev–Trinajstić information content (AvgIpc) is 2.47. The number of halogens is 2. The number of rotatable bonds is 5. The molecule has 2 rings (SSSR count). The summed E-state index contributed by atoms with van der Waals surface area (Å²) in [6.45, 7) is 2.95. The highest BCUT2D eigenvalue weighted by Crippen LogP contribution is 2.34. The maximum absolute atomic E-state index is 5.32. The van der Waals surface area contributed by atoms with Gasteiger partial charge in [-0.15, -0.1) is 0 Å². The fourth-order valence-electron chi connectivity index (χ4n) is 1.91. The summed E-state index contributed by atoms with van der Waals surface area (Å²) in [5.41, 5.74) is 3.64. The highest BCUT2D eigenvalue weighted by atomic mass is 79.9. The van der Waals surface area contributed by atoms with Crippen molar-refractivity contribution in [1.29, 1.82) is 0 Å². The van der Waals surface area contributed by atoms with E-state index in [0.717, 1.165) is 33.3 Å². The smallest absolute Gasteiger partial charge is 0.135 e. The molecule has 0 bridgehead atoms. The van der Waals surface area contributed by atoms with Gasteiger partial charge in [-0.3, -0.25) is 0 Å². The number of benzene rings is 2. The number of nitrogens with one attached hydrogen (secondary N) is 1. The fraction of sp³-hybridized carbons (Fsp3) is 0.250. The molecule has 0 radical (unpaired) electrons. The van der Waals surface area contributed by atoms with Crippen molar-refractivity contribution in [1.82, 2.24) is 0 Å². The third-order valence-electron chi connectivity index (χ3n) is 3.16. The molecule has 0 aromatic heterocycles. The van der Waals surface area contributed by atoms with E-state index < -0.39 is 0 Å². The number of methoxy groups -OCH3 is 1. The van der Waals surface area contributed by atoms with E-state index in [9.17, 15) is 0 Å². The molecule has 0 heterocycles. The van der Waals surface area contributed by atoms with Gasteiger partial charge in [-0.25, -0.2) is 0 Å². The molecule has 0 aliphatic heterocycles. The van der Waals surface area contributed by atoms with Gasteiger partial charge in [0.25, 0.3) is 0 Å². The van der Waals surface area contributed by atoms with Crippen molar-refractivity contribution >= 4 is 37.5 Å². The molecule has 1 N–H and O–H groups in total. The van der Waals surface area contributed by atoms with E-state index >= 15 is 0 Å². The Balaban J connectivity index is 2.09. The van der Waals surface area contributed by atoms with Crippen LogP contribution >= 0.6 is 31.9 Å². The van der Waals surface area contributed by atoms with E-state index in [1.165, 1.54) is 11.1 Å². The number of anilines is 1. The topological polar surface area (TPSA) is 21.3 Å². The number of hydrogen-bond acceptors (Lipinski definition) is 2. The van der Waals surface area contributed by atoms with Crippen LogP contribution in [0.1, 0.15) is 18.1 Å². The second kappa shape index (κ2) is 7.14. The van der Waals surface area contributed by atoms with Gasteiger partial charge >= 0.3 is 0 Å². The molecular weight excluding hydrogens is 382 g/mol. The number of hydrogen-bond donors (Lipinski definition) is 1. The Hall–Kier alpha value is -1.000. The average molecular weight is 399 g/mol. The minimum Gasteiger partial charge on any atom is -0.495 e. The maximum Gasteiger partial charge on any atom is 0.135 e. The molecule has 0 atom stereocenters. The number of ether oxygens (including phenoxy) is 1. The Bertz CT molecular complexity index is 582. The van der Waals surface area contributed by atoms with Gasteiger partial charge in [0.1, 0.15) is 5.75 Å². The normalized spacial score (nSPS) is 10.4. The molecule has 0 aliphatic rings. The van der Waals surface area contributed by atoms with Crippen LogP contribution in [0, 0.1) is 0 Å². The van der Waals surface area contributed by atoms with Gasteiger partial charge in [0, 0.05) is 17.1 Å². The largest absolute Gasteiger partial charge is 0.495 e. The molecule has 0 spiro atoms. The fourth-order valence-corrected chi connectivity index (χ4v) is 3.21.